The Kier molecular flexibility index (Phi) is 3.01. The number of nitrogens with two attached hydrogens (primary N) is 1. The minimum absolute atomic E-state index is 0.186. The van der Waals surface area contributed by atoms with Crippen molar-refractivity contribution in [1.29, 1.82) is 0 Å². The molecule has 0 saturated heterocycles. The zero-order valence-electron chi connectivity index (χ0n) is 9.67. The molecule has 0 aromatic heterocycles. The van der Waals surface area contributed by atoms with Crippen LogP contribution in [0.3, 0.4) is 0 Å². The molecule has 0 aliphatic heterocycles. The molecular weight excluding hydrogens is 188 g/mol. The van der Waals surface area contributed by atoms with E-state index in [1.807, 2.05) is 11.9 Å². The summed E-state index contributed by atoms with van der Waals surface area (Å²) in [5.41, 5.74) is 6.01. The van der Waals surface area contributed by atoms with Crippen molar-refractivity contribution in [2.75, 3.05) is 13.6 Å². The highest BCUT2D eigenvalue weighted by Gasteiger charge is 2.33. The molecule has 3 nitrogen and oxygen atoms in total. The summed E-state index contributed by atoms with van der Waals surface area (Å²) in [4.78, 5) is 13.8. The zero-order valence-corrected chi connectivity index (χ0v) is 9.67. The number of carbonyl (C=O) groups is 1. The van der Waals surface area contributed by atoms with E-state index in [4.69, 9.17) is 5.73 Å². The number of hydrogen-bond donors (Lipinski definition) is 1. The van der Waals surface area contributed by atoms with Crippen molar-refractivity contribution >= 4 is 5.91 Å². The van der Waals surface area contributed by atoms with E-state index < -0.39 is 0 Å². The van der Waals surface area contributed by atoms with Gasteiger partial charge in [-0.05, 0) is 31.6 Å². The predicted molar refractivity (Wildman–Crippen MR) is 60.4 cm³/mol. The first-order valence-electron chi connectivity index (χ1n) is 6.12. The van der Waals surface area contributed by atoms with E-state index in [9.17, 15) is 4.79 Å². The van der Waals surface area contributed by atoms with E-state index in [1.165, 1.54) is 25.7 Å². The Balaban J connectivity index is 1.79. The van der Waals surface area contributed by atoms with Crippen LogP contribution in [0.1, 0.15) is 44.9 Å². The van der Waals surface area contributed by atoms with Gasteiger partial charge in [0.2, 0.25) is 5.91 Å². The lowest BCUT2D eigenvalue weighted by Crippen LogP contribution is -2.43. The Morgan fingerprint density at radius 2 is 2.00 bits per heavy atom. The third kappa shape index (κ3) is 2.94. The fourth-order valence-electron chi connectivity index (χ4n) is 2.48. The Labute approximate surface area is 92.0 Å². The van der Waals surface area contributed by atoms with E-state index in [1.54, 1.807) is 0 Å². The number of carbonyl (C=O) groups excluding carboxylic acids is 1. The van der Waals surface area contributed by atoms with Gasteiger partial charge in [-0.2, -0.15) is 0 Å². The van der Waals surface area contributed by atoms with Gasteiger partial charge in [-0.3, -0.25) is 4.79 Å². The lowest BCUT2D eigenvalue weighted by atomic mass is 9.94. The molecular formula is C12H22N2O. The van der Waals surface area contributed by atoms with Crippen molar-refractivity contribution in [3.63, 3.8) is 0 Å². The zero-order chi connectivity index (χ0) is 10.9. The van der Waals surface area contributed by atoms with Gasteiger partial charge in [0.1, 0.15) is 0 Å². The number of rotatable bonds is 4. The van der Waals surface area contributed by atoms with Crippen LogP contribution in [0.2, 0.25) is 0 Å². The highest BCUT2D eigenvalue weighted by molar-refractivity contribution is 5.77. The average molecular weight is 210 g/mol. The molecule has 0 spiro atoms. The van der Waals surface area contributed by atoms with Crippen LogP contribution in [0.25, 0.3) is 0 Å². The first-order valence-corrected chi connectivity index (χ1v) is 6.12. The summed E-state index contributed by atoms with van der Waals surface area (Å²) in [6, 6.07) is 0. The second-order valence-corrected chi connectivity index (χ2v) is 5.46. The molecule has 0 aromatic carbocycles. The smallest absolute Gasteiger partial charge is 0.224 e. The summed E-state index contributed by atoms with van der Waals surface area (Å²) in [6.07, 6.45) is 7.57. The van der Waals surface area contributed by atoms with Gasteiger partial charge in [0.05, 0.1) is 0 Å². The minimum Gasteiger partial charge on any atom is -0.345 e. The fraction of sp³-hybridized carbons (Fsp3) is 0.917. The normalized spacial score (nSPS) is 24.1. The molecule has 86 valence electrons. The molecule has 2 N–H and O–H groups in total. The van der Waals surface area contributed by atoms with E-state index in [-0.39, 0.29) is 11.4 Å². The maximum Gasteiger partial charge on any atom is 0.224 e. The van der Waals surface area contributed by atoms with Crippen LogP contribution < -0.4 is 5.73 Å². The van der Waals surface area contributed by atoms with Gasteiger partial charge in [0.15, 0.2) is 0 Å². The molecule has 0 unspecified atom stereocenters. The molecule has 0 heterocycles. The molecule has 3 heteroatoms. The summed E-state index contributed by atoms with van der Waals surface area (Å²) in [6.45, 7) is 0.939. The molecule has 0 atom stereocenters. The Morgan fingerprint density at radius 3 is 2.53 bits per heavy atom. The summed E-state index contributed by atoms with van der Waals surface area (Å²) < 4.78 is 0. The van der Waals surface area contributed by atoms with Crippen molar-refractivity contribution in [2.45, 2.75) is 50.5 Å². The monoisotopic (exact) mass is 210 g/mol. The van der Waals surface area contributed by atoms with Gasteiger partial charge < -0.3 is 10.6 Å². The van der Waals surface area contributed by atoms with E-state index in [0.29, 0.717) is 6.42 Å². The molecule has 2 aliphatic carbocycles. The lowest BCUT2D eigenvalue weighted by molar-refractivity contribution is -0.131. The number of nitrogens with zero attached hydrogens (tertiary/aromatic N) is 1. The number of amides is 1. The van der Waals surface area contributed by atoms with E-state index in [0.717, 1.165) is 25.3 Å². The average Bonchev–Trinajstić information content (AvgIpc) is 2.88. The van der Waals surface area contributed by atoms with Gasteiger partial charge in [0, 0.05) is 25.6 Å². The summed E-state index contributed by atoms with van der Waals surface area (Å²) in [5.74, 6) is 1.02. The molecule has 2 aliphatic rings. The molecule has 2 rings (SSSR count). The lowest BCUT2D eigenvalue weighted by Gasteiger charge is -2.26. The highest BCUT2D eigenvalue weighted by Crippen LogP contribution is 2.32. The van der Waals surface area contributed by atoms with Crippen molar-refractivity contribution < 1.29 is 4.79 Å². The van der Waals surface area contributed by atoms with Crippen LogP contribution in [0.15, 0.2) is 0 Å². The van der Waals surface area contributed by atoms with Crippen LogP contribution in [0.4, 0.5) is 0 Å². The predicted octanol–water partition coefficient (Wildman–Crippen LogP) is 1.52. The van der Waals surface area contributed by atoms with E-state index in [2.05, 4.69) is 0 Å². The third-order valence-corrected chi connectivity index (χ3v) is 3.76. The Hall–Kier alpha value is -0.570. The second kappa shape index (κ2) is 4.12. The van der Waals surface area contributed by atoms with Gasteiger partial charge in [0.25, 0.3) is 0 Å². The maximum absolute atomic E-state index is 11.9. The van der Waals surface area contributed by atoms with Crippen LogP contribution in [0.5, 0.6) is 0 Å². The van der Waals surface area contributed by atoms with Gasteiger partial charge in [-0.25, -0.2) is 0 Å². The minimum atomic E-state index is -0.186. The summed E-state index contributed by atoms with van der Waals surface area (Å²) in [7, 11) is 1.92. The second-order valence-electron chi connectivity index (χ2n) is 5.46. The first kappa shape index (κ1) is 10.9. The Morgan fingerprint density at radius 1 is 1.40 bits per heavy atom. The first-order chi connectivity index (χ1) is 7.09. The summed E-state index contributed by atoms with van der Waals surface area (Å²) in [5, 5.41) is 0. The number of hydrogen-bond acceptors (Lipinski definition) is 2. The van der Waals surface area contributed by atoms with Crippen molar-refractivity contribution in [3.05, 3.63) is 0 Å². The highest BCUT2D eigenvalue weighted by atomic mass is 16.2. The molecule has 0 radical (unpaired) electrons. The largest absolute Gasteiger partial charge is 0.345 e. The fourth-order valence-corrected chi connectivity index (χ4v) is 2.48. The maximum atomic E-state index is 11.9. The molecule has 2 fully saturated rings. The van der Waals surface area contributed by atoms with Crippen LogP contribution in [0, 0.1) is 5.92 Å². The molecule has 2 saturated carbocycles. The molecule has 0 aromatic rings. The van der Waals surface area contributed by atoms with E-state index >= 15 is 0 Å². The standard InChI is InChI=1S/C12H22N2O/c1-14(9-10-4-5-10)11(15)8-12(13)6-2-3-7-12/h10H,2-9,13H2,1H3. The van der Waals surface area contributed by atoms with Crippen molar-refractivity contribution in [3.8, 4) is 0 Å². The van der Waals surface area contributed by atoms with Crippen molar-refractivity contribution in [1.82, 2.24) is 4.90 Å². The van der Waals surface area contributed by atoms with Crippen LogP contribution >= 0.6 is 0 Å². The SMILES string of the molecule is CN(CC1CC1)C(=O)CC1(N)CCCC1. The molecule has 15 heavy (non-hydrogen) atoms. The third-order valence-electron chi connectivity index (χ3n) is 3.76. The van der Waals surface area contributed by atoms with Gasteiger partial charge in [-0.1, -0.05) is 12.8 Å². The Bertz CT molecular complexity index is 242. The van der Waals surface area contributed by atoms with Gasteiger partial charge in [-0.15, -0.1) is 0 Å². The molecule has 0 bridgehead atoms. The molecule has 1 amide bonds. The van der Waals surface area contributed by atoms with Crippen LogP contribution in [-0.4, -0.2) is 29.9 Å². The van der Waals surface area contributed by atoms with Gasteiger partial charge >= 0.3 is 0 Å². The quantitative estimate of drug-likeness (QED) is 0.764. The summed E-state index contributed by atoms with van der Waals surface area (Å²) >= 11 is 0. The van der Waals surface area contributed by atoms with Crippen LogP contribution in [-0.2, 0) is 4.79 Å². The van der Waals surface area contributed by atoms with Crippen molar-refractivity contribution in [2.24, 2.45) is 11.7 Å². The topological polar surface area (TPSA) is 46.3 Å².